The lowest BCUT2D eigenvalue weighted by Gasteiger charge is -2.25. The molecule has 0 spiro atoms. The van der Waals surface area contributed by atoms with E-state index in [1.807, 2.05) is 13.8 Å². The molecule has 6 nitrogen and oxygen atoms in total. The molecule has 6 heteroatoms. The van der Waals surface area contributed by atoms with E-state index >= 15 is 0 Å². The largest absolute Gasteiger partial charge is 0.328 e. The van der Waals surface area contributed by atoms with E-state index in [1.54, 1.807) is 12.4 Å². The van der Waals surface area contributed by atoms with Crippen molar-refractivity contribution in [3.8, 4) is 0 Å². The molecular formula is C11H14N4O2. The fourth-order valence-electron chi connectivity index (χ4n) is 1.58. The van der Waals surface area contributed by atoms with Crippen molar-refractivity contribution < 1.29 is 9.59 Å². The Kier molecular flexibility index (Phi) is 3.03. The van der Waals surface area contributed by atoms with Crippen LogP contribution in [0.3, 0.4) is 0 Å². The summed E-state index contributed by atoms with van der Waals surface area (Å²) in [5.41, 5.74) is 0.611. The van der Waals surface area contributed by atoms with Crippen molar-refractivity contribution in [2.24, 2.45) is 0 Å². The Labute approximate surface area is 99.1 Å². The number of imide groups is 1. The first kappa shape index (κ1) is 11.5. The van der Waals surface area contributed by atoms with Crippen molar-refractivity contribution in [2.45, 2.75) is 26.2 Å². The molecule has 17 heavy (non-hydrogen) atoms. The monoisotopic (exact) mass is 234 g/mol. The van der Waals surface area contributed by atoms with Crippen molar-refractivity contribution >= 4 is 17.6 Å². The van der Waals surface area contributed by atoms with Crippen molar-refractivity contribution in [3.63, 3.8) is 0 Å². The Hall–Kier alpha value is -1.98. The first-order valence-corrected chi connectivity index (χ1v) is 5.51. The Morgan fingerprint density at radius 3 is 2.47 bits per heavy atom. The maximum Gasteiger partial charge on any atom is 0.328 e. The summed E-state index contributed by atoms with van der Waals surface area (Å²) in [5, 5.41) is 2.26. The normalized spacial score (nSPS) is 16.3. The number of nitrogens with zero attached hydrogens (tertiary/aromatic N) is 3. The van der Waals surface area contributed by atoms with Gasteiger partial charge in [-0.2, -0.15) is 0 Å². The maximum absolute atomic E-state index is 11.6. The minimum absolute atomic E-state index is 0.244. The fourth-order valence-corrected chi connectivity index (χ4v) is 1.58. The molecule has 90 valence electrons. The predicted molar refractivity (Wildman–Crippen MR) is 61.6 cm³/mol. The van der Waals surface area contributed by atoms with Gasteiger partial charge in [-0.1, -0.05) is 13.8 Å². The van der Waals surface area contributed by atoms with E-state index < -0.39 is 6.03 Å². The molecule has 0 aliphatic carbocycles. The molecule has 1 fully saturated rings. The molecule has 1 aromatic heterocycles. The molecule has 0 radical (unpaired) electrons. The first-order chi connectivity index (χ1) is 8.08. The first-order valence-electron chi connectivity index (χ1n) is 5.51. The summed E-state index contributed by atoms with van der Waals surface area (Å²) in [7, 11) is 0. The number of hydrogen-bond donors (Lipinski definition) is 1. The molecular weight excluding hydrogens is 220 g/mol. The van der Waals surface area contributed by atoms with Crippen LogP contribution in [0.15, 0.2) is 12.4 Å². The molecule has 2 heterocycles. The number of nitrogens with one attached hydrogen (secondary N) is 1. The van der Waals surface area contributed by atoms with Gasteiger partial charge in [0.25, 0.3) is 0 Å². The van der Waals surface area contributed by atoms with Crippen LogP contribution in [0.5, 0.6) is 0 Å². The molecule has 2 rings (SSSR count). The zero-order valence-electron chi connectivity index (χ0n) is 9.80. The number of amides is 3. The van der Waals surface area contributed by atoms with Crippen molar-refractivity contribution in [2.75, 3.05) is 11.4 Å². The molecule has 1 aliphatic rings. The smallest absolute Gasteiger partial charge is 0.291 e. The van der Waals surface area contributed by atoms with Gasteiger partial charge in [-0.15, -0.1) is 0 Å². The fraction of sp³-hybridized carbons (Fsp3) is 0.455. The van der Waals surface area contributed by atoms with Crippen LogP contribution >= 0.6 is 0 Å². The highest BCUT2D eigenvalue weighted by Gasteiger charge is 2.24. The maximum atomic E-state index is 11.6. The summed E-state index contributed by atoms with van der Waals surface area (Å²) in [6.45, 7) is 4.37. The van der Waals surface area contributed by atoms with Gasteiger partial charge in [0.05, 0.1) is 18.1 Å². The second-order valence-electron chi connectivity index (χ2n) is 4.21. The van der Waals surface area contributed by atoms with Crippen molar-refractivity contribution in [1.29, 1.82) is 0 Å². The number of rotatable bonds is 2. The molecule has 0 unspecified atom stereocenters. The molecule has 1 aromatic rings. The van der Waals surface area contributed by atoms with Gasteiger partial charge in [-0.05, 0) is 0 Å². The average Bonchev–Trinajstić information content (AvgIpc) is 2.29. The summed E-state index contributed by atoms with van der Waals surface area (Å²) in [6.07, 6.45) is 3.52. The molecule has 0 aromatic carbocycles. The second-order valence-corrected chi connectivity index (χ2v) is 4.21. The van der Waals surface area contributed by atoms with Crippen LogP contribution in [-0.4, -0.2) is 28.5 Å². The van der Waals surface area contributed by atoms with Gasteiger partial charge in [0.1, 0.15) is 5.82 Å². The third-order valence-electron chi connectivity index (χ3n) is 2.54. The van der Waals surface area contributed by atoms with Gasteiger partial charge in [-0.3, -0.25) is 15.0 Å². The van der Waals surface area contributed by atoms with Gasteiger partial charge in [0.2, 0.25) is 5.91 Å². The minimum atomic E-state index is -0.415. The Morgan fingerprint density at radius 1 is 1.29 bits per heavy atom. The molecule has 1 saturated heterocycles. The van der Waals surface area contributed by atoms with Gasteiger partial charge in [0.15, 0.2) is 0 Å². The van der Waals surface area contributed by atoms with Crippen LogP contribution in [0.1, 0.15) is 32.0 Å². The lowest BCUT2D eigenvalue weighted by Crippen LogP contribution is -2.49. The number of urea groups is 1. The van der Waals surface area contributed by atoms with Crippen LogP contribution in [0.4, 0.5) is 10.5 Å². The van der Waals surface area contributed by atoms with Crippen molar-refractivity contribution in [3.05, 3.63) is 18.2 Å². The van der Waals surface area contributed by atoms with Crippen LogP contribution in [0.2, 0.25) is 0 Å². The third kappa shape index (κ3) is 2.41. The predicted octanol–water partition coefficient (Wildman–Crippen LogP) is 1.05. The lowest BCUT2D eigenvalue weighted by atomic mass is 10.2. The van der Waals surface area contributed by atoms with Crippen LogP contribution in [0.25, 0.3) is 0 Å². The highest BCUT2D eigenvalue weighted by Crippen LogP contribution is 2.16. The Bertz CT molecular complexity index is 441. The van der Waals surface area contributed by atoms with E-state index in [2.05, 4.69) is 15.3 Å². The van der Waals surface area contributed by atoms with Gasteiger partial charge in [-0.25, -0.2) is 14.8 Å². The SMILES string of the molecule is CC(C)c1ncc(N2CCC(=O)NC2=O)cn1. The zero-order chi connectivity index (χ0) is 12.4. The number of carbonyl (C=O) groups is 2. The number of carbonyl (C=O) groups excluding carboxylic acids is 2. The van der Waals surface area contributed by atoms with Gasteiger partial charge < -0.3 is 0 Å². The molecule has 1 N–H and O–H groups in total. The van der Waals surface area contributed by atoms with E-state index in [0.29, 0.717) is 18.7 Å². The summed E-state index contributed by atoms with van der Waals surface area (Å²) in [6, 6.07) is -0.415. The third-order valence-corrected chi connectivity index (χ3v) is 2.54. The highest BCUT2D eigenvalue weighted by molar-refractivity contribution is 6.05. The zero-order valence-corrected chi connectivity index (χ0v) is 9.80. The molecule has 1 aliphatic heterocycles. The van der Waals surface area contributed by atoms with Crippen LogP contribution in [0, 0.1) is 0 Å². The van der Waals surface area contributed by atoms with E-state index in [0.717, 1.165) is 5.82 Å². The van der Waals surface area contributed by atoms with E-state index in [4.69, 9.17) is 0 Å². The van der Waals surface area contributed by atoms with E-state index in [-0.39, 0.29) is 11.8 Å². The van der Waals surface area contributed by atoms with Gasteiger partial charge in [0, 0.05) is 18.9 Å². The van der Waals surface area contributed by atoms with Crippen LogP contribution in [-0.2, 0) is 4.79 Å². The average molecular weight is 234 g/mol. The number of anilines is 1. The summed E-state index contributed by atoms with van der Waals surface area (Å²) < 4.78 is 0. The van der Waals surface area contributed by atoms with Gasteiger partial charge >= 0.3 is 6.03 Å². The molecule has 0 atom stereocenters. The summed E-state index contributed by atoms with van der Waals surface area (Å²) in [4.78, 5) is 32.4. The second kappa shape index (κ2) is 4.48. The van der Waals surface area contributed by atoms with E-state index in [9.17, 15) is 9.59 Å². The number of hydrogen-bond acceptors (Lipinski definition) is 4. The molecule has 3 amide bonds. The van der Waals surface area contributed by atoms with E-state index in [1.165, 1.54) is 4.90 Å². The number of aromatic nitrogens is 2. The van der Waals surface area contributed by atoms with Crippen LogP contribution < -0.4 is 10.2 Å². The Balaban J connectivity index is 2.17. The quantitative estimate of drug-likeness (QED) is 0.829. The molecule has 0 saturated carbocycles. The Morgan fingerprint density at radius 2 is 1.94 bits per heavy atom. The molecule has 0 bridgehead atoms. The standard InChI is InChI=1S/C11H14N4O2/c1-7(2)10-12-5-8(6-13-10)15-4-3-9(16)14-11(15)17/h5-7H,3-4H2,1-2H3,(H,14,16,17). The highest BCUT2D eigenvalue weighted by atomic mass is 16.2. The lowest BCUT2D eigenvalue weighted by molar-refractivity contribution is -0.120. The minimum Gasteiger partial charge on any atom is -0.291 e. The summed E-state index contributed by atoms with van der Waals surface area (Å²) in [5.74, 6) is 0.744. The van der Waals surface area contributed by atoms with Crippen molar-refractivity contribution in [1.82, 2.24) is 15.3 Å². The topological polar surface area (TPSA) is 75.2 Å². The summed E-state index contributed by atoms with van der Waals surface area (Å²) >= 11 is 0.